The topological polar surface area (TPSA) is 126 Å². The molecule has 2 aromatic carbocycles. The molecule has 2 atom stereocenters. The minimum absolute atomic E-state index is 0. The standard InChI is InChI=1S/C20H20N4O.C2H4N2.CH5N.CH4/c25-20(14-6-2-1-3-7-14)23-12-15-10-11-16(13-23)24(15)19-17-8-4-5-9-18(17)21-22-19;3-1-2-4;1-2;/h1-9,15-16H,10-13H2,(H,21,22);1-4H;2H2,1H3;1H4. The number of carbonyl (C=O) groups is 1. The van der Waals surface area contributed by atoms with Crippen molar-refractivity contribution >= 4 is 35.1 Å². The number of nitrogens with one attached hydrogen (secondary N) is 3. The predicted molar refractivity (Wildman–Crippen MR) is 132 cm³/mol. The van der Waals surface area contributed by atoms with Crippen LogP contribution in [0, 0.1) is 10.8 Å². The van der Waals surface area contributed by atoms with Gasteiger partial charge in [0.05, 0.1) is 5.52 Å². The second-order valence-corrected chi connectivity index (χ2v) is 7.29. The number of carbonyl (C=O) groups excluding carboxylic acids is 1. The van der Waals surface area contributed by atoms with Gasteiger partial charge in [0.25, 0.3) is 5.91 Å². The molecule has 32 heavy (non-hydrogen) atoms. The number of aromatic amines is 1. The number of piperazine rings is 1. The Bertz CT molecular complexity index is 997. The first-order valence-corrected chi connectivity index (χ1v) is 10.4. The molecule has 2 aliphatic rings. The summed E-state index contributed by atoms with van der Waals surface area (Å²) >= 11 is 0. The van der Waals surface area contributed by atoms with Crippen LogP contribution in [0.1, 0.15) is 30.6 Å². The van der Waals surface area contributed by atoms with E-state index in [-0.39, 0.29) is 13.3 Å². The quantitative estimate of drug-likeness (QED) is 0.469. The zero-order valence-electron chi connectivity index (χ0n) is 17.7. The number of nitrogens with zero attached hydrogens (tertiary/aromatic N) is 3. The molecule has 2 fully saturated rings. The third-order valence-electron chi connectivity index (χ3n) is 5.57. The Morgan fingerprint density at radius 3 is 2.16 bits per heavy atom. The average molecular weight is 436 g/mol. The second-order valence-electron chi connectivity index (χ2n) is 7.29. The molecule has 0 aliphatic carbocycles. The lowest BCUT2D eigenvalue weighted by Crippen LogP contribution is -2.55. The summed E-state index contributed by atoms with van der Waals surface area (Å²) in [5, 5.41) is 21.1. The Morgan fingerprint density at radius 2 is 1.56 bits per heavy atom. The molecule has 2 bridgehead atoms. The summed E-state index contributed by atoms with van der Waals surface area (Å²) in [7, 11) is 1.50. The third-order valence-corrected chi connectivity index (χ3v) is 5.57. The molecule has 8 heteroatoms. The number of likely N-dealkylation sites (tertiary alicyclic amines) is 1. The van der Waals surface area contributed by atoms with Crippen LogP contribution in [0.25, 0.3) is 10.9 Å². The largest absolute Gasteiger partial charge is 0.345 e. The molecule has 3 heterocycles. The van der Waals surface area contributed by atoms with Gasteiger partial charge in [-0.25, -0.2) is 0 Å². The van der Waals surface area contributed by atoms with Gasteiger partial charge in [-0.3, -0.25) is 9.89 Å². The molecule has 0 saturated carbocycles. The van der Waals surface area contributed by atoms with Crippen LogP contribution >= 0.6 is 0 Å². The van der Waals surface area contributed by atoms with Crippen molar-refractivity contribution in [3.63, 3.8) is 0 Å². The number of fused-ring (bicyclic) bond motifs is 3. The summed E-state index contributed by atoms with van der Waals surface area (Å²) in [5.74, 6) is 1.18. The summed E-state index contributed by atoms with van der Waals surface area (Å²) in [6, 6.07) is 18.5. The normalized spacial score (nSPS) is 18.4. The first kappa shape index (κ1) is 24.7. The zero-order chi connectivity index (χ0) is 22.2. The maximum atomic E-state index is 12.8. The van der Waals surface area contributed by atoms with Gasteiger partial charge in [-0.2, -0.15) is 5.10 Å². The van der Waals surface area contributed by atoms with E-state index in [4.69, 9.17) is 10.8 Å². The van der Waals surface area contributed by atoms with E-state index < -0.39 is 0 Å². The van der Waals surface area contributed by atoms with Crippen molar-refractivity contribution < 1.29 is 4.79 Å². The van der Waals surface area contributed by atoms with Crippen LogP contribution in [0.5, 0.6) is 0 Å². The summed E-state index contributed by atoms with van der Waals surface area (Å²) in [6.45, 7) is 1.54. The maximum absolute atomic E-state index is 12.8. The van der Waals surface area contributed by atoms with Gasteiger partial charge < -0.3 is 26.4 Å². The number of amides is 1. The summed E-state index contributed by atoms with van der Waals surface area (Å²) in [4.78, 5) is 17.3. The van der Waals surface area contributed by atoms with Crippen molar-refractivity contribution in [2.24, 2.45) is 5.73 Å². The van der Waals surface area contributed by atoms with Crippen molar-refractivity contribution in [2.75, 3.05) is 25.0 Å². The molecule has 0 spiro atoms. The first-order valence-electron chi connectivity index (χ1n) is 10.4. The molecule has 2 saturated heterocycles. The Kier molecular flexibility index (Phi) is 9.09. The van der Waals surface area contributed by atoms with Gasteiger partial charge in [-0.1, -0.05) is 37.8 Å². The highest BCUT2D eigenvalue weighted by molar-refractivity contribution is 6.12. The number of para-hydroxylation sites is 1. The molecule has 5 rings (SSSR count). The summed E-state index contributed by atoms with van der Waals surface area (Å²) in [5.41, 5.74) is 6.35. The smallest absolute Gasteiger partial charge is 0.253 e. The van der Waals surface area contributed by atoms with E-state index in [1.807, 2.05) is 41.3 Å². The molecule has 1 amide bonds. The maximum Gasteiger partial charge on any atom is 0.253 e. The molecule has 3 aromatic rings. The number of hydrogen-bond acceptors (Lipinski definition) is 6. The minimum Gasteiger partial charge on any atom is -0.345 e. The molecule has 0 radical (unpaired) electrons. The van der Waals surface area contributed by atoms with E-state index in [1.165, 1.54) is 12.4 Å². The van der Waals surface area contributed by atoms with Crippen LogP contribution in [0.2, 0.25) is 0 Å². The van der Waals surface area contributed by atoms with Gasteiger partial charge in [0.1, 0.15) is 0 Å². The van der Waals surface area contributed by atoms with Gasteiger partial charge in [0.2, 0.25) is 0 Å². The van der Waals surface area contributed by atoms with E-state index in [9.17, 15) is 4.79 Å². The van der Waals surface area contributed by atoms with Crippen LogP contribution in [-0.4, -0.2) is 65.7 Å². The highest BCUT2D eigenvalue weighted by Crippen LogP contribution is 2.37. The Hall–Kier alpha value is -3.52. The highest BCUT2D eigenvalue weighted by Gasteiger charge is 2.42. The number of benzene rings is 2. The number of aromatic nitrogens is 2. The average Bonchev–Trinajstić information content (AvgIpc) is 3.37. The first-order chi connectivity index (χ1) is 15.2. The molecule has 2 unspecified atom stereocenters. The SMILES string of the molecule is C.CN.N=CC=N.O=C(c1ccccc1)N1CC2CCC(C1)N2c1n[nH]c2ccccc12. The fraction of sp³-hybridized carbons (Fsp3) is 0.333. The molecule has 170 valence electrons. The van der Waals surface area contributed by atoms with Crippen LogP contribution in [0.4, 0.5) is 5.82 Å². The van der Waals surface area contributed by atoms with Gasteiger partial charge in [-0.05, 0) is 44.2 Å². The van der Waals surface area contributed by atoms with Crippen molar-refractivity contribution in [2.45, 2.75) is 32.4 Å². The molecule has 5 N–H and O–H groups in total. The van der Waals surface area contributed by atoms with E-state index in [0.29, 0.717) is 12.1 Å². The van der Waals surface area contributed by atoms with Gasteiger partial charge in [-0.15, -0.1) is 0 Å². The van der Waals surface area contributed by atoms with E-state index >= 15 is 0 Å². The predicted octanol–water partition coefficient (Wildman–Crippen LogP) is 3.55. The lowest BCUT2D eigenvalue weighted by Gasteiger charge is -2.41. The molecule has 1 aromatic heterocycles. The van der Waals surface area contributed by atoms with Crippen molar-refractivity contribution in [3.8, 4) is 0 Å². The van der Waals surface area contributed by atoms with Crippen LogP contribution in [0.3, 0.4) is 0 Å². The number of nitrogens with two attached hydrogens (primary N) is 1. The number of rotatable bonds is 3. The molecular weight excluding hydrogens is 402 g/mol. The second kappa shape index (κ2) is 11.8. The van der Waals surface area contributed by atoms with Gasteiger partial charge in [0.15, 0.2) is 5.82 Å². The van der Waals surface area contributed by atoms with Crippen LogP contribution in [-0.2, 0) is 0 Å². The minimum atomic E-state index is 0. The number of hydrogen-bond donors (Lipinski definition) is 4. The Labute approximate surface area is 189 Å². The number of H-pyrrole nitrogens is 1. The Morgan fingerprint density at radius 1 is 1.00 bits per heavy atom. The lowest BCUT2D eigenvalue weighted by atomic mass is 10.1. The highest BCUT2D eigenvalue weighted by atomic mass is 16.2. The van der Waals surface area contributed by atoms with Crippen LogP contribution < -0.4 is 10.6 Å². The zero-order valence-corrected chi connectivity index (χ0v) is 17.7. The molecular formula is C24H33N7O. The lowest BCUT2D eigenvalue weighted by molar-refractivity contribution is 0.0717. The van der Waals surface area contributed by atoms with Crippen molar-refractivity contribution in [1.29, 1.82) is 10.8 Å². The van der Waals surface area contributed by atoms with Crippen LogP contribution in [0.15, 0.2) is 54.6 Å². The fourth-order valence-corrected chi connectivity index (χ4v) is 4.32. The van der Waals surface area contributed by atoms with Crippen molar-refractivity contribution in [3.05, 3.63) is 60.2 Å². The molecule has 8 nitrogen and oxygen atoms in total. The van der Waals surface area contributed by atoms with Gasteiger partial charge in [0, 0.05) is 48.6 Å². The van der Waals surface area contributed by atoms with Crippen molar-refractivity contribution in [1.82, 2.24) is 15.1 Å². The van der Waals surface area contributed by atoms with E-state index in [0.717, 1.165) is 55.3 Å². The third kappa shape index (κ3) is 5.03. The fourth-order valence-electron chi connectivity index (χ4n) is 4.32. The number of anilines is 1. The Balaban J connectivity index is 0.000000471. The summed E-state index contributed by atoms with van der Waals surface area (Å²) < 4.78 is 0. The van der Waals surface area contributed by atoms with E-state index in [2.05, 4.69) is 39.0 Å². The summed E-state index contributed by atoms with van der Waals surface area (Å²) in [6.07, 6.45) is 4.06. The monoisotopic (exact) mass is 435 g/mol. The van der Waals surface area contributed by atoms with Gasteiger partial charge >= 0.3 is 0 Å². The van der Waals surface area contributed by atoms with E-state index in [1.54, 1.807) is 0 Å². The molecule has 2 aliphatic heterocycles.